The van der Waals surface area contributed by atoms with Gasteiger partial charge in [0.1, 0.15) is 0 Å². The van der Waals surface area contributed by atoms with E-state index in [1.54, 1.807) is 6.07 Å². The Hall–Kier alpha value is -2.06. The normalized spacial score (nSPS) is 10.2. The lowest BCUT2D eigenvalue weighted by Crippen LogP contribution is -2.29. The summed E-state index contributed by atoms with van der Waals surface area (Å²) in [6.07, 6.45) is 5.01. The molecule has 0 heterocycles. The predicted molar refractivity (Wildman–Crippen MR) is 80.3 cm³/mol. The van der Waals surface area contributed by atoms with Crippen molar-refractivity contribution in [3.63, 3.8) is 0 Å². The number of amides is 1. The van der Waals surface area contributed by atoms with Gasteiger partial charge >= 0.3 is 0 Å². The van der Waals surface area contributed by atoms with Gasteiger partial charge in [0.25, 0.3) is 5.91 Å². The fraction of sp³-hybridized carbons (Fsp3) is 0.438. The molecule has 2 N–H and O–H groups in total. The largest absolute Gasteiger partial charge is 0.481 e. The maximum atomic E-state index is 13.8. The zero-order valence-electron chi connectivity index (χ0n) is 12.4. The highest BCUT2D eigenvalue weighted by molar-refractivity contribution is 5.77. The molecule has 0 bridgehead atoms. The standard InChI is InChI=1S/C16H21FN2O2/c1-4-7-19-16(20)11-21-15-6-5-13(8-14(15)17)10-18-9-12(2)3/h1,5-6,8,12,18H,7,9-11H2,2-3H3,(H,19,20). The second kappa shape index (κ2) is 8.98. The quantitative estimate of drug-likeness (QED) is 0.717. The van der Waals surface area contributed by atoms with Crippen molar-refractivity contribution in [1.82, 2.24) is 10.6 Å². The first kappa shape index (κ1) is 17.0. The molecule has 114 valence electrons. The number of hydrogen-bond acceptors (Lipinski definition) is 3. The first-order valence-electron chi connectivity index (χ1n) is 6.85. The molecule has 0 unspecified atom stereocenters. The summed E-state index contributed by atoms with van der Waals surface area (Å²) in [5, 5.41) is 5.67. The maximum Gasteiger partial charge on any atom is 0.258 e. The Balaban J connectivity index is 2.46. The number of carbonyl (C=O) groups excluding carboxylic acids is 1. The lowest BCUT2D eigenvalue weighted by atomic mass is 10.2. The van der Waals surface area contributed by atoms with Crippen LogP contribution >= 0.6 is 0 Å². The van der Waals surface area contributed by atoms with Gasteiger partial charge in [-0.05, 0) is 30.2 Å². The summed E-state index contributed by atoms with van der Waals surface area (Å²) >= 11 is 0. The monoisotopic (exact) mass is 292 g/mol. The minimum atomic E-state index is -0.483. The minimum Gasteiger partial charge on any atom is -0.481 e. The fourth-order valence-electron chi connectivity index (χ4n) is 1.62. The summed E-state index contributed by atoms with van der Waals surface area (Å²) in [4.78, 5) is 11.3. The Kier molecular flexibility index (Phi) is 7.27. The molecule has 5 heteroatoms. The predicted octanol–water partition coefficient (Wildman–Crippen LogP) is 1.70. The summed E-state index contributed by atoms with van der Waals surface area (Å²) < 4.78 is 18.9. The molecule has 0 aromatic heterocycles. The minimum absolute atomic E-state index is 0.0541. The van der Waals surface area contributed by atoms with Crippen molar-refractivity contribution >= 4 is 5.91 Å². The Bertz CT molecular complexity index is 509. The van der Waals surface area contributed by atoms with Gasteiger partial charge in [-0.2, -0.15) is 0 Å². The van der Waals surface area contributed by atoms with E-state index >= 15 is 0 Å². The summed E-state index contributed by atoms with van der Waals surface area (Å²) in [5.41, 5.74) is 0.831. The smallest absolute Gasteiger partial charge is 0.258 e. The molecule has 1 rings (SSSR count). The van der Waals surface area contributed by atoms with E-state index < -0.39 is 5.82 Å². The maximum absolute atomic E-state index is 13.8. The van der Waals surface area contributed by atoms with E-state index in [0.717, 1.165) is 12.1 Å². The van der Waals surface area contributed by atoms with Crippen molar-refractivity contribution in [2.45, 2.75) is 20.4 Å². The molecule has 0 aliphatic carbocycles. The van der Waals surface area contributed by atoms with Crippen LogP contribution in [0.15, 0.2) is 18.2 Å². The number of rotatable bonds is 8. The number of carbonyl (C=O) groups is 1. The van der Waals surface area contributed by atoms with Crippen LogP contribution in [0.25, 0.3) is 0 Å². The van der Waals surface area contributed by atoms with Gasteiger partial charge in [0.15, 0.2) is 18.2 Å². The van der Waals surface area contributed by atoms with Crippen LogP contribution in [0.1, 0.15) is 19.4 Å². The van der Waals surface area contributed by atoms with Gasteiger partial charge in [0.05, 0.1) is 6.54 Å². The van der Waals surface area contributed by atoms with E-state index in [0.29, 0.717) is 12.5 Å². The molecule has 1 aromatic rings. The number of ether oxygens (including phenoxy) is 1. The molecule has 1 aromatic carbocycles. The number of nitrogens with one attached hydrogen (secondary N) is 2. The second-order valence-electron chi connectivity index (χ2n) is 5.06. The highest BCUT2D eigenvalue weighted by Crippen LogP contribution is 2.18. The van der Waals surface area contributed by atoms with E-state index in [1.807, 2.05) is 0 Å². The lowest BCUT2D eigenvalue weighted by Gasteiger charge is -2.10. The average Bonchev–Trinajstić information content (AvgIpc) is 2.43. The first-order valence-corrected chi connectivity index (χ1v) is 6.85. The highest BCUT2D eigenvalue weighted by Gasteiger charge is 2.07. The van der Waals surface area contributed by atoms with Gasteiger partial charge in [-0.3, -0.25) is 4.79 Å². The molecule has 0 saturated carbocycles. The number of hydrogen-bond donors (Lipinski definition) is 2. The van der Waals surface area contributed by atoms with Gasteiger partial charge in [0, 0.05) is 6.54 Å². The molecule has 0 saturated heterocycles. The number of benzene rings is 1. The van der Waals surface area contributed by atoms with Crippen LogP contribution in [0.2, 0.25) is 0 Å². The van der Waals surface area contributed by atoms with Crippen LogP contribution in [0, 0.1) is 24.1 Å². The van der Waals surface area contributed by atoms with Gasteiger partial charge in [-0.15, -0.1) is 6.42 Å². The van der Waals surface area contributed by atoms with Crippen LogP contribution in [0.5, 0.6) is 5.75 Å². The van der Waals surface area contributed by atoms with Crippen LogP contribution in [0.3, 0.4) is 0 Å². The van der Waals surface area contributed by atoms with E-state index in [1.165, 1.54) is 12.1 Å². The van der Waals surface area contributed by atoms with Crippen molar-refractivity contribution < 1.29 is 13.9 Å². The van der Waals surface area contributed by atoms with Crippen LogP contribution in [0.4, 0.5) is 4.39 Å². The van der Waals surface area contributed by atoms with Gasteiger partial charge in [-0.25, -0.2) is 4.39 Å². The van der Waals surface area contributed by atoms with Gasteiger partial charge in [0.2, 0.25) is 0 Å². The zero-order valence-corrected chi connectivity index (χ0v) is 12.4. The fourth-order valence-corrected chi connectivity index (χ4v) is 1.62. The molecule has 0 radical (unpaired) electrons. The SMILES string of the molecule is C#CCNC(=O)COc1ccc(CNCC(C)C)cc1F. The molecule has 0 aliphatic heterocycles. The third-order valence-corrected chi connectivity index (χ3v) is 2.62. The molecule has 4 nitrogen and oxygen atoms in total. The summed E-state index contributed by atoms with van der Waals surface area (Å²) in [7, 11) is 0. The van der Waals surface area contributed by atoms with E-state index in [-0.39, 0.29) is 24.8 Å². The van der Waals surface area contributed by atoms with E-state index in [4.69, 9.17) is 11.2 Å². The lowest BCUT2D eigenvalue weighted by molar-refractivity contribution is -0.122. The number of halogens is 1. The van der Waals surface area contributed by atoms with Crippen molar-refractivity contribution in [2.24, 2.45) is 5.92 Å². The van der Waals surface area contributed by atoms with Crippen LogP contribution in [-0.4, -0.2) is 25.6 Å². The molecule has 0 spiro atoms. The Morgan fingerprint density at radius 3 is 2.86 bits per heavy atom. The Morgan fingerprint density at radius 1 is 1.48 bits per heavy atom. The third-order valence-electron chi connectivity index (χ3n) is 2.62. The second-order valence-corrected chi connectivity index (χ2v) is 5.06. The van der Waals surface area contributed by atoms with E-state index in [9.17, 15) is 9.18 Å². The number of terminal acetylenes is 1. The molecule has 0 aliphatic rings. The van der Waals surface area contributed by atoms with E-state index in [2.05, 4.69) is 30.4 Å². The van der Waals surface area contributed by atoms with Crippen molar-refractivity contribution in [2.75, 3.05) is 19.7 Å². The zero-order chi connectivity index (χ0) is 15.7. The van der Waals surface area contributed by atoms with Gasteiger partial charge in [-0.1, -0.05) is 25.8 Å². The topological polar surface area (TPSA) is 50.4 Å². The van der Waals surface area contributed by atoms with Gasteiger partial charge < -0.3 is 15.4 Å². The molecule has 0 atom stereocenters. The molecular formula is C16H21FN2O2. The Morgan fingerprint density at radius 2 is 2.24 bits per heavy atom. The summed E-state index contributed by atoms with van der Waals surface area (Å²) in [5.74, 6) is 2.01. The van der Waals surface area contributed by atoms with Crippen molar-refractivity contribution in [3.8, 4) is 18.1 Å². The Labute approximate surface area is 125 Å². The molecule has 0 fully saturated rings. The van der Waals surface area contributed by atoms with Crippen molar-refractivity contribution in [3.05, 3.63) is 29.6 Å². The molecule has 21 heavy (non-hydrogen) atoms. The third kappa shape index (κ3) is 6.77. The average molecular weight is 292 g/mol. The molecule has 1 amide bonds. The van der Waals surface area contributed by atoms with Crippen molar-refractivity contribution in [1.29, 1.82) is 0 Å². The first-order chi connectivity index (χ1) is 10.0. The highest BCUT2D eigenvalue weighted by atomic mass is 19.1. The summed E-state index contributed by atoms with van der Waals surface area (Å²) in [6, 6.07) is 4.70. The molecular weight excluding hydrogens is 271 g/mol. The summed E-state index contributed by atoms with van der Waals surface area (Å²) in [6.45, 7) is 5.55. The van der Waals surface area contributed by atoms with Crippen LogP contribution < -0.4 is 15.4 Å². The van der Waals surface area contributed by atoms with Crippen LogP contribution in [-0.2, 0) is 11.3 Å².